The summed E-state index contributed by atoms with van der Waals surface area (Å²) in [6.07, 6.45) is 30.6. The zero-order valence-corrected chi connectivity index (χ0v) is 23.4. The molecule has 1 aromatic rings. The molecule has 0 aromatic heterocycles. The fraction of sp³-hybridized carbons (Fsp3) is 0.367. The fourth-order valence-electron chi connectivity index (χ4n) is 3.08. The first-order chi connectivity index (χ1) is 17.2. The number of esters is 1. The first kappa shape index (κ1) is 31.0. The Hall–Kier alpha value is -2.05. The molecule has 1 rings (SSSR count). The number of benzene rings is 1. The Morgan fingerprint density at radius 2 is 1.66 bits per heavy atom. The Labute approximate surface area is 217 Å². The SMILES string of the molecule is CC/C=C\C/C=C\CC(OPP)C(C)\C=C/C=C/C=C\C/C=C\CCC(=O)OCc1ccccc1. The van der Waals surface area contributed by atoms with Crippen LogP contribution in [0.2, 0.25) is 0 Å². The minimum atomic E-state index is -0.163. The first-order valence-electron chi connectivity index (χ1n) is 12.4. The van der Waals surface area contributed by atoms with E-state index in [2.05, 4.69) is 71.4 Å². The van der Waals surface area contributed by atoms with Gasteiger partial charge in [-0.2, -0.15) is 0 Å². The Kier molecular flexibility index (Phi) is 19.8. The third-order valence-corrected chi connectivity index (χ3v) is 5.94. The van der Waals surface area contributed by atoms with Crippen LogP contribution >= 0.6 is 17.4 Å². The normalized spacial score (nSPS) is 14.7. The van der Waals surface area contributed by atoms with Crippen LogP contribution in [0.1, 0.15) is 57.9 Å². The monoisotopic (exact) mass is 512 g/mol. The van der Waals surface area contributed by atoms with Crippen LogP contribution < -0.4 is 0 Å². The van der Waals surface area contributed by atoms with Crippen molar-refractivity contribution >= 4 is 23.4 Å². The second kappa shape index (κ2) is 22.4. The number of allylic oxidation sites excluding steroid dienone is 10. The Balaban J connectivity index is 2.21. The van der Waals surface area contributed by atoms with E-state index in [1.54, 1.807) is 0 Å². The zero-order valence-electron chi connectivity index (χ0n) is 21.2. The lowest BCUT2D eigenvalue weighted by atomic mass is 10.0. The molecule has 0 saturated carbocycles. The molecule has 0 aliphatic rings. The number of carbonyl (C=O) groups is 1. The average Bonchev–Trinajstić information content (AvgIpc) is 2.87. The van der Waals surface area contributed by atoms with Crippen LogP contribution in [0, 0.1) is 5.92 Å². The maximum absolute atomic E-state index is 11.8. The maximum atomic E-state index is 11.8. The standard InChI is InChI=1S/C30H42O3P2/c1-3-4-5-6-13-19-24-29(33-35-34)27(2)21-16-12-10-8-7-9-11-14-20-25-30(31)32-26-28-22-17-15-18-23-28/h4-5,7-8,10-19,21-23,27,29,35H,3,6,9,20,24-26,34H2,1-2H3/b5-4-,8-7-,12-10+,14-11-,19-13-,21-16-. The number of carbonyl (C=O) groups excluding carboxylic acids is 1. The molecule has 0 fully saturated rings. The van der Waals surface area contributed by atoms with Gasteiger partial charge in [-0.25, -0.2) is 0 Å². The molecule has 0 aliphatic heterocycles. The van der Waals surface area contributed by atoms with Crippen molar-refractivity contribution in [2.24, 2.45) is 5.92 Å². The largest absolute Gasteiger partial charge is 0.461 e. The highest BCUT2D eigenvalue weighted by Crippen LogP contribution is 2.29. The van der Waals surface area contributed by atoms with Crippen molar-refractivity contribution < 1.29 is 14.1 Å². The summed E-state index contributed by atoms with van der Waals surface area (Å²) in [5.41, 5.74) is 1.01. The molecule has 4 atom stereocenters. The van der Waals surface area contributed by atoms with Gasteiger partial charge in [0.15, 0.2) is 0 Å². The van der Waals surface area contributed by atoms with Gasteiger partial charge in [0, 0.05) is 20.8 Å². The summed E-state index contributed by atoms with van der Waals surface area (Å²) in [7, 11) is 3.08. The van der Waals surface area contributed by atoms with E-state index in [-0.39, 0.29) is 12.1 Å². The fourth-order valence-corrected chi connectivity index (χ4v) is 4.09. The van der Waals surface area contributed by atoms with Crippen LogP contribution in [0.15, 0.2) is 103 Å². The molecule has 0 spiro atoms. The van der Waals surface area contributed by atoms with Crippen LogP contribution in [0.5, 0.6) is 0 Å². The van der Waals surface area contributed by atoms with Crippen LogP contribution in [0.25, 0.3) is 0 Å². The summed E-state index contributed by atoms with van der Waals surface area (Å²) >= 11 is 0. The Bertz CT molecular complexity index is 838. The van der Waals surface area contributed by atoms with E-state index in [9.17, 15) is 4.79 Å². The first-order valence-corrected chi connectivity index (χ1v) is 15.1. The lowest BCUT2D eigenvalue weighted by Crippen LogP contribution is -2.15. The van der Waals surface area contributed by atoms with Gasteiger partial charge in [-0.1, -0.05) is 126 Å². The minimum Gasteiger partial charge on any atom is -0.461 e. The summed E-state index contributed by atoms with van der Waals surface area (Å²) < 4.78 is 11.2. The second-order valence-corrected chi connectivity index (χ2v) is 9.22. The molecule has 0 radical (unpaired) electrons. The molecular formula is C30H42O3P2. The summed E-state index contributed by atoms with van der Waals surface area (Å²) in [4.78, 5) is 11.8. The second-order valence-electron chi connectivity index (χ2n) is 8.05. The van der Waals surface area contributed by atoms with Crippen molar-refractivity contribution in [1.82, 2.24) is 0 Å². The molecule has 35 heavy (non-hydrogen) atoms. The van der Waals surface area contributed by atoms with Crippen LogP contribution in [0.4, 0.5) is 0 Å². The molecule has 5 heteroatoms. The van der Waals surface area contributed by atoms with Crippen LogP contribution in [-0.4, -0.2) is 12.1 Å². The Morgan fingerprint density at radius 3 is 2.43 bits per heavy atom. The number of ether oxygens (including phenoxy) is 1. The van der Waals surface area contributed by atoms with Crippen molar-refractivity contribution in [3.05, 3.63) is 109 Å². The van der Waals surface area contributed by atoms with Gasteiger partial charge in [0.2, 0.25) is 0 Å². The van der Waals surface area contributed by atoms with Crippen molar-refractivity contribution in [2.45, 2.75) is 65.1 Å². The van der Waals surface area contributed by atoms with Gasteiger partial charge in [-0.15, -0.1) is 0 Å². The van der Waals surface area contributed by atoms with E-state index in [4.69, 9.17) is 9.26 Å². The van der Waals surface area contributed by atoms with Gasteiger partial charge in [-0.05, 0) is 37.7 Å². The van der Waals surface area contributed by atoms with E-state index in [0.717, 1.165) is 31.2 Å². The number of hydrogen-bond donors (Lipinski definition) is 0. The van der Waals surface area contributed by atoms with Gasteiger partial charge in [0.1, 0.15) is 6.61 Å². The topological polar surface area (TPSA) is 35.5 Å². The average molecular weight is 513 g/mol. The summed E-state index contributed by atoms with van der Waals surface area (Å²) in [6.45, 7) is 4.69. The quantitative estimate of drug-likeness (QED) is 0.0853. The highest BCUT2D eigenvalue weighted by Gasteiger charge is 2.13. The molecule has 0 N–H and O–H groups in total. The van der Waals surface area contributed by atoms with Crippen molar-refractivity contribution in [3.8, 4) is 0 Å². The van der Waals surface area contributed by atoms with E-state index in [0.29, 0.717) is 33.9 Å². The van der Waals surface area contributed by atoms with Crippen LogP contribution in [-0.2, 0) is 20.7 Å². The van der Waals surface area contributed by atoms with Crippen molar-refractivity contribution in [1.29, 1.82) is 0 Å². The molecule has 0 heterocycles. The highest BCUT2D eigenvalue weighted by atomic mass is 32.0. The van der Waals surface area contributed by atoms with Crippen molar-refractivity contribution in [3.63, 3.8) is 0 Å². The third-order valence-electron chi connectivity index (χ3n) is 5.10. The van der Waals surface area contributed by atoms with E-state index >= 15 is 0 Å². The predicted octanol–water partition coefficient (Wildman–Crippen LogP) is 8.83. The molecule has 4 unspecified atom stereocenters. The van der Waals surface area contributed by atoms with E-state index < -0.39 is 0 Å². The van der Waals surface area contributed by atoms with Crippen molar-refractivity contribution in [2.75, 3.05) is 0 Å². The van der Waals surface area contributed by atoms with E-state index in [1.807, 2.05) is 54.6 Å². The minimum absolute atomic E-state index is 0.163. The molecule has 0 saturated heterocycles. The van der Waals surface area contributed by atoms with E-state index in [1.165, 1.54) is 0 Å². The van der Waals surface area contributed by atoms with Gasteiger partial charge >= 0.3 is 5.97 Å². The molecule has 1 aromatic carbocycles. The van der Waals surface area contributed by atoms with Gasteiger partial charge in [-0.3, -0.25) is 4.79 Å². The predicted molar refractivity (Wildman–Crippen MR) is 157 cm³/mol. The third kappa shape index (κ3) is 18.0. The summed E-state index contributed by atoms with van der Waals surface area (Å²) in [5, 5.41) is 0. The highest BCUT2D eigenvalue weighted by molar-refractivity contribution is 8.00. The molecule has 3 nitrogen and oxygen atoms in total. The zero-order chi connectivity index (χ0) is 25.4. The Morgan fingerprint density at radius 1 is 0.943 bits per heavy atom. The molecule has 0 bridgehead atoms. The van der Waals surface area contributed by atoms with Gasteiger partial charge in [0.25, 0.3) is 0 Å². The molecular weight excluding hydrogens is 470 g/mol. The van der Waals surface area contributed by atoms with Gasteiger partial charge in [0.05, 0.1) is 6.10 Å². The number of hydrogen-bond acceptors (Lipinski definition) is 3. The van der Waals surface area contributed by atoms with Gasteiger partial charge < -0.3 is 9.26 Å². The number of rotatable bonds is 18. The summed E-state index contributed by atoms with van der Waals surface area (Å²) in [5.74, 6) is 0.179. The molecule has 0 amide bonds. The maximum Gasteiger partial charge on any atom is 0.306 e. The lowest BCUT2D eigenvalue weighted by Gasteiger charge is -2.19. The molecule has 0 aliphatic carbocycles. The summed E-state index contributed by atoms with van der Waals surface area (Å²) in [6, 6.07) is 9.74. The smallest absolute Gasteiger partial charge is 0.306 e. The molecule has 190 valence electrons. The lowest BCUT2D eigenvalue weighted by molar-refractivity contribution is -0.144. The van der Waals surface area contributed by atoms with Crippen LogP contribution in [0.3, 0.4) is 0 Å².